The first-order valence-electron chi connectivity index (χ1n) is 7.90. The van der Waals surface area contributed by atoms with Crippen LogP contribution in [0.3, 0.4) is 0 Å². The molecule has 128 valence electrons. The molecule has 1 amide bonds. The summed E-state index contributed by atoms with van der Waals surface area (Å²) in [5, 5.41) is 9.30. The van der Waals surface area contributed by atoms with Crippen LogP contribution in [0.25, 0.3) is 11.4 Å². The molecule has 1 atom stereocenters. The highest BCUT2D eigenvalue weighted by molar-refractivity contribution is 5.72. The predicted molar refractivity (Wildman–Crippen MR) is 83.3 cm³/mol. The fourth-order valence-corrected chi connectivity index (χ4v) is 3.21. The van der Waals surface area contributed by atoms with Crippen molar-refractivity contribution in [1.82, 2.24) is 24.8 Å². The highest BCUT2D eigenvalue weighted by Crippen LogP contribution is 2.35. The summed E-state index contributed by atoms with van der Waals surface area (Å²) in [6.45, 7) is 0.782. The zero-order chi connectivity index (χ0) is 17.4. The van der Waals surface area contributed by atoms with Gasteiger partial charge in [-0.2, -0.15) is 0 Å². The van der Waals surface area contributed by atoms with Crippen molar-refractivity contribution < 1.29 is 19.4 Å². The zero-order valence-electron chi connectivity index (χ0n) is 13.3. The van der Waals surface area contributed by atoms with Crippen LogP contribution in [0.4, 0.5) is 4.79 Å². The fourth-order valence-electron chi connectivity index (χ4n) is 3.21. The van der Waals surface area contributed by atoms with E-state index in [0.29, 0.717) is 30.1 Å². The number of hydrogen-bond donors (Lipinski definition) is 1. The van der Waals surface area contributed by atoms with Crippen LogP contribution in [0.15, 0.2) is 18.7 Å². The molecule has 2 aliphatic rings. The van der Waals surface area contributed by atoms with Crippen LogP contribution in [0.2, 0.25) is 0 Å². The molecular weight excluding hydrogens is 326 g/mol. The molecule has 0 aliphatic carbocycles. The minimum Gasteiger partial charge on any atom is -0.466 e. The van der Waals surface area contributed by atoms with Gasteiger partial charge in [-0.25, -0.2) is 24.7 Å². The Morgan fingerprint density at radius 3 is 2.76 bits per heavy atom. The van der Waals surface area contributed by atoms with Crippen LogP contribution in [0.5, 0.6) is 0 Å². The molecule has 25 heavy (non-hydrogen) atoms. The van der Waals surface area contributed by atoms with Gasteiger partial charge >= 0.3 is 12.1 Å². The third-order valence-corrected chi connectivity index (χ3v) is 4.43. The van der Waals surface area contributed by atoms with E-state index in [4.69, 9.17) is 4.74 Å². The Labute approximate surface area is 142 Å². The molecule has 1 saturated heterocycles. The van der Waals surface area contributed by atoms with E-state index in [1.807, 2.05) is 0 Å². The Morgan fingerprint density at radius 2 is 2.04 bits per heavy atom. The van der Waals surface area contributed by atoms with Crippen LogP contribution in [-0.4, -0.2) is 48.6 Å². The van der Waals surface area contributed by atoms with Gasteiger partial charge in [0, 0.05) is 23.9 Å². The molecule has 1 unspecified atom stereocenters. The first-order chi connectivity index (χ1) is 12.1. The maximum Gasteiger partial charge on any atom is 0.407 e. The van der Waals surface area contributed by atoms with Gasteiger partial charge in [0.2, 0.25) is 0 Å². The van der Waals surface area contributed by atoms with Crippen molar-refractivity contribution >= 4 is 12.1 Å². The lowest BCUT2D eigenvalue weighted by atomic mass is 9.92. The van der Waals surface area contributed by atoms with Crippen molar-refractivity contribution in [3.05, 3.63) is 35.7 Å². The Kier molecular flexibility index (Phi) is 3.75. The summed E-state index contributed by atoms with van der Waals surface area (Å²) >= 11 is 0. The highest BCUT2D eigenvalue weighted by atomic mass is 16.5. The van der Waals surface area contributed by atoms with E-state index in [9.17, 15) is 14.7 Å². The molecule has 1 N–H and O–H groups in total. The Hall–Kier alpha value is -3.10. The Balaban J connectivity index is 1.80. The van der Waals surface area contributed by atoms with E-state index < -0.39 is 6.09 Å². The normalized spacial score (nSPS) is 19.4. The van der Waals surface area contributed by atoms with Gasteiger partial charge in [0.05, 0.1) is 43.1 Å². The molecule has 2 aromatic rings. The number of aromatic nitrogens is 4. The van der Waals surface area contributed by atoms with Crippen LogP contribution >= 0.6 is 0 Å². The van der Waals surface area contributed by atoms with Crippen molar-refractivity contribution in [3.63, 3.8) is 0 Å². The summed E-state index contributed by atoms with van der Waals surface area (Å²) < 4.78 is 5.02. The van der Waals surface area contributed by atoms with E-state index in [1.165, 1.54) is 11.2 Å². The lowest BCUT2D eigenvalue weighted by molar-refractivity contribution is -0.147. The molecular formula is C16H15N5O4. The minimum absolute atomic E-state index is 0.102. The number of nitrogens with zero attached hydrogens (tertiary/aromatic N) is 5. The number of carbonyl (C=O) groups excluding carboxylic acids is 1. The largest absolute Gasteiger partial charge is 0.466 e. The molecule has 9 nitrogen and oxygen atoms in total. The molecule has 2 aromatic heterocycles. The summed E-state index contributed by atoms with van der Waals surface area (Å²) in [5.41, 5.74) is 2.84. The van der Waals surface area contributed by atoms with Crippen LogP contribution in [0.1, 0.15) is 35.7 Å². The second-order valence-electron chi connectivity index (χ2n) is 6.03. The van der Waals surface area contributed by atoms with E-state index in [1.54, 1.807) is 12.4 Å². The summed E-state index contributed by atoms with van der Waals surface area (Å²) in [4.78, 5) is 41.5. The number of amides is 1. The number of carboxylic acid groups (broad SMARTS) is 1. The number of ether oxygens (including phenoxy) is 1. The maximum atomic E-state index is 11.7. The molecule has 9 heteroatoms. The van der Waals surface area contributed by atoms with Crippen molar-refractivity contribution in [1.29, 1.82) is 0 Å². The first kappa shape index (κ1) is 15.4. The van der Waals surface area contributed by atoms with Gasteiger partial charge in [-0.15, -0.1) is 0 Å². The van der Waals surface area contributed by atoms with E-state index >= 15 is 0 Å². The van der Waals surface area contributed by atoms with Crippen LogP contribution < -0.4 is 0 Å². The van der Waals surface area contributed by atoms with E-state index in [0.717, 1.165) is 11.3 Å². The molecule has 0 bridgehead atoms. The molecule has 0 spiro atoms. The summed E-state index contributed by atoms with van der Waals surface area (Å²) in [6, 6.07) is 0. The van der Waals surface area contributed by atoms with Gasteiger partial charge in [0.25, 0.3) is 0 Å². The molecule has 4 heterocycles. The van der Waals surface area contributed by atoms with Crippen molar-refractivity contribution in [2.24, 2.45) is 0 Å². The fraction of sp³-hybridized carbons (Fsp3) is 0.375. The second-order valence-corrected chi connectivity index (χ2v) is 6.03. The molecule has 1 fully saturated rings. The second kappa shape index (κ2) is 6.08. The standard InChI is InChI=1S/C16H15N5O4/c22-13-3-9(1-2-25-13)14-11-6-21(16(23)24)7-12(11)19-15(20-14)10-4-17-8-18-5-10/h4-5,8-9H,1-3,6-7H2,(H,23,24). The van der Waals surface area contributed by atoms with Crippen molar-refractivity contribution in [3.8, 4) is 11.4 Å². The number of hydrogen-bond acceptors (Lipinski definition) is 7. The number of esters is 1. The quantitative estimate of drug-likeness (QED) is 0.813. The topological polar surface area (TPSA) is 118 Å². The molecule has 4 rings (SSSR count). The summed E-state index contributed by atoms with van der Waals surface area (Å²) in [6.07, 6.45) is 4.53. The average molecular weight is 341 g/mol. The van der Waals surface area contributed by atoms with E-state index in [-0.39, 0.29) is 31.4 Å². The number of fused-ring (bicyclic) bond motifs is 1. The highest BCUT2D eigenvalue weighted by Gasteiger charge is 2.33. The van der Waals surface area contributed by atoms with Gasteiger partial charge in [-0.3, -0.25) is 9.69 Å². The number of carbonyl (C=O) groups is 2. The van der Waals surface area contributed by atoms with Crippen LogP contribution in [0, 0.1) is 0 Å². The first-order valence-corrected chi connectivity index (χ1v) is 7.90. The number of rotatable bonds is 2. The van der Waals surface area contributed by atoms with Gasteiger partial charge in [-0.1, -0.05) is 0 Å². The molecule has 2 aliphatic heterocycles. The average Bonchev–Trinajstić information content (AvgIpc) is 3.06. The number of cyclic esters (lactones) is 1. The van der Waals surface area contributed by atoms with Gasteiger partial charge in [0.15, 0.2) is 5.82 Å². The maximum absolute atomic E-state index is 11.7. The Morgan fingerprint density at radius 1 is 1.24 bits per heavy atom. The lowest BCUT2D eigenvalue weighted by Gasteiger charge is -2.23. The third-order valence-electron chi connectivity index (χ3n) is 4.43. The minimum atomic E-state index is -1.00. The lowest BCUT2D eigenvalue weighted by Crippen LogP contribution is -2.24. The van der Waals surface area contributed by atoms with Gasteiger partial charge in [0.1, 0.15) is 6.33 Å². The van der Waals surface area contributed by atoms with Crippen molar-refractivity contribution in [2.75, 3.05) is 6.61 Å². The van der Waals surface area contributed by atoms with Crippen molar-refractivity contribution in [2.45, 2.75) is 31.8 Å². The predicted octanol–water partition coefficient (Wildman–Crippen LogP) is 1.35. The Bertz CT molecular complexity index is 842. The monoisotopic (exact) mass is 341 g/mol. The SMILES string of the molecule is O=C1CC(c2nc(-c3cncnc3)nc3c2CN(C(=O)O)C3)CCO1. The third kappa shape index (κ3) is 2.88. The summed E-state index contributed by atoms with van der Waals surface area (Å²) in [5.74, 6) is 0.0805. The van der Waals surface area contributed by atoms with Gasteiger partial charge < -0.3 is 9.84 Å². The molecule has 0 aromatic carbocycles. The summed E-state index contributed by atoms with van der Waals surface area (Å²) in [7, 11) is 0. The van der Waals surface area contributed by atoms with E-state index in [2.05, 4.69) is 19.9 Å². The van der Waals surface area contributed by atoms with Crippen LogP contribution in [-0.2, 0) is 22.6 Å². The van der Waals surface area contributed by atoms with Gasteiger partial charge in [-0.05, 0) is 6.42 Å². The zero-order valence-corrected chi connectivity index (χ0v) is 13.3. The molecule has 0 radical (unpaired) electrons. The molecule has 0 saturated carbocycles. The smallest absolute Gasteiger partial charge is 0.407 e.